The van der Waals surface area contributed by atoms with Gasteiger partial charge in [0.25, 0.3) is 0 Å². The standard InChI is InChI=1S/C19H24FN/c1-2-3-4-15-5-9-17(10-6-15)18-11-7-16(8-12-18)13-19(20)14-21/h5-6,9-10,13,16,18H,2-4,7-8,11-12H2,1H3/b19-13+. The molecule has 0 saturated heterocycles. The number of nitriles is 1. The van der Waals surface area contributed by atoms with Crippen molar-refractivity contribution in [2.75, 3.05) is 0 Å². The highest BCUT2D eigenvalue weighted by Gasteiger charge is 2.21. The van der Waals surface area contributed by atoms with Crippen LogP contribution in [0.3, 0.4) is 0 Å². The molecule has 0 aliphatic heterocycles. The van der Waals surface area contributed by atoms with E-state index in [9.17, 15) is 4.39 Å². The molecular weight excluding hydrogens is 261 g/mol. The summed E-state index contributed by atoms with van der Waals surface area (Å²) in [6, 6.07) is 10.6. The van der Waals surface area contributed by atoms with Crippen LogP contribution in [-0.4, -0.2) is 0 Å². The van der Waals surface area contributed by atoms with Crippen molar-refractivity contribution in [2.45, 2.75) is 57.8 Å². The normalized spacial score (nSPS) is 22.8. The van der Waals surface area contributed by atoms with Gasteiger partial charge in [0, 0.05) is 0 Å². The van der Waals surface area contributed by atoms with Gasteiger partial charge in [-0.25, -0.2) is 0 Å². The third kappa shape index (κ3) is 4.70. The van der Waals surface area contributed by atoms with E-state index in [0.29, 0.717) is 5.92 Å². The molecular formula is C19H24FN. The van der Waals surface area contributed by atoms with E-state index < -0.39 is 5.83 Å². The first-order chi connectivity index (χ1) is 10.2. The predicted octanol–water partition coefficient (Wildman–Crippen LogP) is 5.68. The molecule has 0 unspecified atom stereocenters. The Morgan fingerprint density at radius 2 is 1.90 bits per heavy atom. The van der Waals surface area contributed by atoms with Crippen molar-refractivity contribution in [3.8, 4) is 6.07 Å². The number of hydrogen-bond acceptors (Lipinski definition) is 1. The summed E-state index contributed by atoms with van der Waals surface area (Å²) in [6.45, 7) is 2.22. The van der Waals surface area contributed by atoms with Crippen molar-refractivity contribution < 1.29 is 4.39 Å². The van der Waals surface area contributed by atoms with Gasteiger partial charge in [0.1, 0.15) is 6.07 Å². The van der Waals surface area contributed by atoms with E-state index in [-0.39, 0.29) is 5.92 Å². The summed E-state index contributed by atoms with van der Waals surface area (Å²) in [4.78, 5) is 0. The molecule has 1 aromatic rings. The molecule has 1 saturated carbocycles. The van der Waals surface area contributed by atoms with Crippen LogP contribution in [0.2, 0.25) is 0 Å². The third-order valence-electron chi connectivity index (χ3n) is 4.53. The molecule has 21 heavy (non-hydrogen) atoms. The van der Waals surface area contributed by atoms with Crippen molar-refractivity contribution in [3.63, 3.8) is 0 Å². The van der Waals surface area contributed by atoms with Gasteiger partial charge in [-0.2, -0.15) is 9.65 Å². The number of unbranched alkanes of at least 4 members (excludes halogenated alkanes) is 1. The number of nitrogens with zero attached hydrogens (tertiary/aromatic N) is 1. The molecule has 0 bridgehead atoms. The van der Waals surface area contributed by atoms with Crippen LogP contribution in [0, 0.1) is 17.2 Å². The monoisotopic (exact) mass is 285 g/mol. The zero-order chi connectivity index (χ0) is 15.1. The number of rotatable bonds is 5. The number of allylic oxidation sites excluding steroid dienone is 2. The van der Waals surface area contributed by atoms with E-state index in [2.05, 4.69) is 31.2 Å². The van der Waals surface area contributed by atoms with Crippen LogP contribution < -0.4 is 0 Å². The van der Waals surface area contributed by atoms with Gasteiger partial charge in [0.05, 0.1) is 0 Å². The molecule has 2 heteroatoms. The summed E-state index contributed by atoms with van der Waals surface area (Å²) in [7, 11) is 0. The summed E-state index contributed by atoms with van der Waals surface area (Å²) < 4.78 is 13.0. The summed E-state index contributed by atoms with van der Waals surface area (Å²) in [6.07, 6.45) is 9.31. The molecule has 1 aliphatic carbocycles. The summed E-state index contributed by atoms with van der Waals surface area (Å²) in [5.74, 6) is 0.212. The molecule has 1 nitrogen and oxygen atoms in total. The second kappa shape index (κ2) is 7.98. The average molecular weight is 285 g/mol. The third-order valence-corrected chi connectivity index (χ3v) is 4.53. The van der Waals surface area contributed by atoms with Crippen LogP contribution in [0.4, 0.5) is 4.39 Å². The van der Waals surface area contributed by atoms with E-state index in [1.165, 1.54) is 36.5 Å². The molecule has 2 rings (SSSR count). The Balaban J connectivity index is 1.89. The quantitative estimate of drug-likeness (QED) is 0.638. The van der Waals surface area contributed by atoms with Crippen molar-refractivity contribution in [1.29, 1.82) is 5.26 Å². The van der Waals surface area contributed by atoms with Crippen LogP contribution >= 0.6 is 0 Å². The lowest BCUT2D eigenvalue weighted by atomic mass is 9.78. The minimum Gasteiger partial charge on any atom is -0.195 e. The Kier molecular flexibility index (Phi) is 5.99. The van der Waals surface area contributed by atoms with Gasteiger partial charge in [0.15, 0.2) is 5.83 Å². The van der Waals surface area contributed by atoms with Gasteiger partial charge in [-0.15, -0.1) is 0 Å². The van der Waals surface area contributed by atoms with Crippen molar-refractivity contribution >= 4 is 0 Å². The van der Waals surface area contributed by atoms with Gasteiger partial charge < -0.3 is 0 Å². The second-order valence-electron chi connectivity index (χ2n) is 6.08. The Labute approximate surface area is 127 Å². The molecule has 1 aliphatic rings. The minimum absolute atomic E-state index is 0.240. The first kappa shape index (κ1) is 15.8. The highest BCUT2D eigenvalue weighted by molar-refractivity contribution is 5.26. The molecule has 0 radical (unpaired) electrons. The lowest BCUT2D eigenvalue weighted by Crippen LogP contribution is -2.12. The fourth-order valence-corrected chi connectivity index (χ4v) is 3.20. The Hall–Kier alpha value is -1.62. The molecule has 1 aromatic carbocycles. The molecule has 0 amide bonds. The van der Waals surface area contributed by atoms with E-state index in [1.54, 1.807) is 6.07 Å². The van der Waals surface area contributed by atoms with Gasteiger partial charge in [-0.1, -0.05) is 37.6 Å². The van der Waals surface area contributed by atoms with Crippen LogP contribution in [0.5, 0.6) is 0 Å². The van der Waals surface area contributed by atoms with Crippen LogP contribution in [0.1, 0.15) is 62.5 Å². The summed E-state index contributed by atoms with van der Waals surface area (Å²) in [5.41, 5.74) is 2.84. The SMILES string of the molecule is CCCCc1ccc(C2CCC(/C=C(/F)C#N)CC2)cc1. The van der Waals surface area contributed by atoms with Gasteiger partial charge in [-0.3, -0.25) is 0 Å². The Morgan fingerprint density at radius 3 is 2.48 bits per heavy atom. The second-order valence-corrected chi connectivity index (χ2v) is 6.08. The zero-order valence-corrected chi connectivity index (χ0v) is 12.8. The van der Waals surface area contributed by atoms with E-state index >= 15 is 0 Å². The Morgan fingerprint density at radius 1 is 1.24 bits per heavy atom. The molecule has 0 aromatic heterocycles. The molecule has 0 atom stereocenters. The lowest BCUT2D eigenvalue weighted by Gasteiger charge is -2.27. The highest BCUT2D eigenvalue weighted by atomic mass is 19.1. The van der Waals surface area contributed by atoms with Crippen molar-refractivity contribution in [3.05, 3.63) is 47.3 Å². The molecule has 0 N–H and O–H groups in total. The summed E-state index contributed by atoms with van der Waals surface area (Å²) in [5, 5.41) is 8.49. The number of halogens is 1. The van der Waals surface area contributed by atoms with E-state index in [4.69, 9.17) is 5.26 Å². The minimum atomic E-state index is -0.626. The fraction of sp³-hybridized carbons (Fsp3) is 0.526. The van der Waals surface area contributed by atoms with Gasteiger partial charge >= 0.3 is 0 Å². The van der Waals surface area contributed by atoms with Crippen molar-refractivity contribution in [2.24, 2.45) is 5.92 Å². The molecule has 112 valence electrons. The van der Waals surface area contributed by atoms with Crippen LogP contribution in [0.15, 0.2) is 36.2 Å². The lowest BCUT2D eigenvalue weighted by molar-refractivity contribution is 0.372. The van der Waals surface area contributed by atoms with E-state index in [1.807, 2.05) is 0 Å². The predicted molar refractivity (Wildman–Crippen MR) is 84.6 cm³/mol. The van der Waals surface area contributed by atoms with E-state index in [0.717, 1.165) is 25.7 Å². The summed E-state index contributed by atoms with van der Waals surface area (Å²) >= 11 is 0. The first-order valence-electron chi connectivity index (χ1n) is 8.09. The molecule has 0 spiro atoms. The first-order valence-corrected chi connectivity index (χ1v) is 8.09. The smallest absolute Gasteiger partial charge is 0.195 e. The topological polar surface area (TPSA) is 23.8 Å². The largest absolute Gasteiger partial charge is 0.196 e. The number of benzene rings is 1. The maximum Gasteiger partial charge on any atom is 0.196 e. The average Bonchev–Trinajstić information content (AvgIpc) is 2.54. The highest BCUT2D eigenvalue weighted by Crippen LogP contribution is 2.36. The number of hydrogen-bond donors (Lipinski definition) is 0. The fourth-order valence-electron chi connectivity index (χ4n) is 3.20. The maximum absolute atomic E-state index is 13.0. The Bertz CT molecular complexity index is 501. The zero-order valence-electron chi connectivity index (χ0n) is 12.8. The van der Waals surface area contributed by atoms with Gasteiger partial charge in [-0.05, 0) is 67.6 Å². The van der Waals surface area contributed by atoms with Crippen LogP contribution in [-0.2, 0) is 6.42 Å². The van der Waals surface area contributed by atoms with Gasteiger partial charge in [0.2, 0.25) is 0 Å². The van der Waals surface area contributed by atoms with Crippen LogP contribution in [0.25, 0.3) is 0 Å². The number of aryl methyl sites for hydroxylation is 1. The molecule has 0 heterocycles. The molecule has 1 fully saturated rings. The maximum atomic E-state index is 13.0. The van der Waals surface area contributed by atoms with Crippen molar-refractivity contribution in [1.82, 2.24) is 0 Å².